The summed E-state index contributed by atoms with van der Waals surface area (Å²) in [5.74, 6) is -0.265. The molecule has 192 valence electrons. The van der Waals surface area contributed by atoms with E-state index in [0.717, 1.165) is 16.3 Å². The van der Waals surface area contributed by atoms with Crippen LogP contribution in [0.2, 0.25) is 0 Å². The number of para-hydroxylation sites is 1. The van der Waals surface area contributed by atoms with E-state index in [0.29, 0.717) is 22.6 Å². The standard InChI is InChI=1S/C26H25F3N6O2/c1-16-10-23(25(36)34(14-26(27,28)29)21-7-5-4-6-19(16)21)35-13-20(31-32-35)18-8-9-22(24(11-18)37-3)33-12-17(2)30-15-33/h4-9,11-13,15-16,23H,10,14H2,1-3H3. The molecule has 0 fully saturated rings. The maximum Gasteiger partial charge on any atom is 0.406 e. The lowest BCUT2D eigenvalue weighted by molar-refractivity contribution is -0.134. The first-order chi connectivity index (χ1) is 17.6. The SMILES string of the molecule is COc1cc(-c2cn(C3CC(C)c4ccccc4N(CC(F)(F)F)C3=O)nn2)ccc1-n1cnc(C)c1. The van der Waals surface area contributed by atoms with Crippen LogP contribution in [-0.4, -0.2) is 50.3 Å². The smallest absolute Gasteiger partial charge is 0.406 e. The lowest BCUT2D eigenvalue weighted by atomic mass is 9.94. The molecule has 37 heavy (non-hydrogen) atoms. The summed E-state index contributed by atoms with van der Waals surface area (Å²) in [5.41, 5.74) is 3.77. The van der Waals surface area contributed by atoms with E-state index in [4.69, 9.17) is 4.74 Å². The molecule has 2 aromatic heterocycles. The number of carbonyl (C=O) groups excluding carboxylic acids is 1. The minimum absolute atomic E-state index is 0.172. The van der Waals surface area contributed by atoms with Crippen molar-refractivity contribution in [3.05, 3.63) is 72.4 Å². The van der Waals surface area contributed by atoms with Gasteiger partial charge >= 0.3 is 6.18 Å². The number of ether oxygens (including phenoxy) is 1. The molecule has 1 aliphatic rings. The van der Waals surface area contributed by atoms with Crippen LogP contribution in [-0.2, 0) is 4.79 Å². The van der Waals surface area contributed by atoms with Crippen LogP contribution in [0.5, 0.6) is 5.75 Å². The maximum atomic E-state index is 13.5. The fourth-order valence-electron chi connectivity index (χ4n) is 4.74. The summed E-state index contributed by atoms with van der Waals surface area (Å²) < 4.78 is 49.2. The third-order valence-corrected chi connectivity index (χ3v) is 6.52. The van der Waals surface area contributed by atoms with Crippen molar-refractivity contribution in [1.29, 1.82) is 0 Å². The number of methoxy groups -OCH3 is 1. The van der Waals surface area contributed by atoms with Gasteiger partial charge in [-0.15, -0.1) is 5.10 Å². The van der Waals surface area contributed by atoms with Gasteiger partial charge in [0, 0.05) is 17.4 Å². The van der Waals surface area contributed by atoms with E-state index < -0.39 is 24.7 Å². The van der Waals surface area contributed by atoms with Crippen LogP contribution in [0.15, 0.2) is 61.2 Å². The summed E-state index contributed by atoms with van der Waals surface area (Å²) in [6, 6.07) is 11.3. The Morgan fingerprint density at radius 2 is 1.89 bits per heavy atom. The second kappa shape index (κ2) is 9.38. The summed E-state index contributed by atoms with van der Waals surface area (Å²) in [7, 11) is 1.56. The number of alkyl halides is 3. The summed E-state index contributed by atoms with van der Waals surface area (Å²) in [6.07, 6.45) is 0.882. The van der Waals surface area contributed by atoms with Crippen molar-refractivity contribution in [2.45, 2.75) is 38.4 Å². The Morgan fingerprint density at radius 1 is 1.11 bits per heavy atom. The van der Waals surface area contributed by atoms with E-state index in [2.05, 4.69) is 15.3 Å². The number of hydrogen-bond donors (Lipinski definition) is 0. The summed E-state index contributed by atoms with van der Waals surface area (Å²) in [5, 5.41) is 8.39. The number of aromatic nitrogens is 5. The minimum Gasteiger partial charge on any atom is -0.495 e. The Balaban J connectivity index is 1.49. The summed E-state index contributed by atoms with van der Waals surface area (Å²) >= 11 is 0. The third kappa shape index (κ3) is 4.81. The van der Waals surface area contributed by atoms with E-state index in [1.807, 2.05) is 36.7 Å². The van der Waals surface area contributed by atoms with E-state index in [9.17, 15) is 18.0 Å². The molecule has 0 aliphatic carbocycles. The molecular formula is C26H25F3N6O2. The molecule has 5 rings (SSSR count). The number of nitrogens with zero attached hydrogens (tertiary/aromatic N) is 6. The van der Waals surface area contributed by atoms with Crippen molar-refractivity contribution in [3.8, 4) is 22.7 Å². The average molecular weight is 511 g/mol. The third-order valence-electron chi connectivity index (χ3n) is 6.52. The topological polar surface area (TPSA) is 78.1 Å². The molecule has 11 heteroatoms. The number of fused-ring (bicyclic) bond motifs is 1. The Bertz CT molecular complexity index is 1440. The molecule has 2 unspecified atom stereocenters. The number of amides is 1. The Labute approximate surface area is 211 Å². The van der Waals surface area contributed by atoms with Crippen molar-refractivity contribution in [2.75, 3.05) is 18.6 Å². The number of carbonyl (C=O) groups is 1. The quantitative estimate of drug-likeness (QED) is 0.374. The van der Waals surface area contributed by atoms with Gasteiger partial charge in [-0.1, -0.05) is 36.4 Å². The van der Waals surface area contributed by atoms with Gasteiger partial charge in [-0.2, -0.15) is 13.2 Å². The van der Waals surface area contributed by atoms with Crippen LogP contribution in [0.25, 0.3) is 16.9 Å². The zero-order valence-corrected chi connectivity index (χ0v) is 20.5. The fraction of sp³-hybridized carbons (Fsp3) is 0.308. The van der Waals surface area contributed by atoms with Gasteiger partial charge in [-0.3, -0.25) is 4.79 Å². The second-order valence-corrected chi connectivity index (χ2v) is 9.14. The van der Waals surface area contributed by atoms with Crippen LogP contribution in [0, 0.1) is 6.92 Å². The predicted octanol–water partition coefficient (Wildman–Crippen LogP) is 5.09. The molecule has 0 bridgehead atoms. The fourth-order valence-corrected chi connectivity index (χ4v) is 4.74. The van der Waals surface area contributed by atoms with Crippen molar-refractivity contribution in [2.24, 2.45) is 0 Å². The zero-order valence-electron chi connectivity index (χ0n) is 20.5. The highest BCUT2D eigenvalue weighted by atomic mass is 19.4. The second-order valence-electron chi connectivity index (χ2n) is 9.14. The molecule has 1 aliphatic heterocycles. The first kappa shape index (κ1) is 24.5. The number of rotatable bonds is 5. The Hall–Kier alpha value is -4.15. The molecule has 0 radical (unpaired) electrons. The number of halogens is 3. The molecule has 0 N–H and O–H groups in total. The Kier molecular flexibility index (Phi) is 6.22. The predicted molar refractivity (Wildman–Crippen MR) is 131 cm³/mol. The van der Waals surface area contributed by atoms with Crippen LogP contribution < -0.4 is 9.64 Å². The monoisotopic (exact) mass is 510 g/mol. The van der Waals surface area contributed by atoms with Gasteiger partial charge < -0.3 is 14.2 Å². The van der Waals surface area contributed by atoms with E-state index in [-0.39, 0.29) is 18.0 Å². The molecule has 0 spiro atoms. The zero-order chi connectivity index (χ0) is 26.3. The van der Waals surface area contributed by atoms with Gasteiger partial charge in [0.15, 0.2) is 0 Å². The summed E-state index contributed by atoms with van der Waals surface area (Å²) in [6.45, 7) is 2.41. The highest BCUT2D eigenvalue weighted by Gasteiger charge is 2.41. The molecule has 1 amide bonds. The molecule has 4 aromatic rings. The van der Waals surface area contributed by atoms with Crippen molar-refractivity contribution in [3.63, 3.8) is 0 Å². The van der Waals surface area contributed by atoms with Crippen molar-refractivity contribution >= 4 is 11.6 Å². The van der Waals surface area contributed by atoms with Crippen molar-refractivity contribution in [1.82, 2.24) is 24.5 Å². The van der Waals surface area contributed by atoms with Crippen LogP contribution in [0.3, 0.4) is 0 Å². The first-order valence-electron chi connectivity index (χ1n) is 11.7. The first-order valence-corrected chi connectivity index (χ1v) is 11.7. The minimum atomic E-state index is -4.56. The maximum absolute atomic E-state index is 13.5. The van der Waals surface area contributed by atoms with E-state index >= 15 is 0 Å². The number of hydrogen-bond acceptors (Lipinski definition) is 5. The highest BCUT2D eigenvalue weighted by molar-refractivity contribution is 5.98. The van der Waals surface area contributed by atoms with Crippen LogP contribution in [0.1, 0.15) is 36.6 Å². The van der Waals surface area contributed by atoms with Crippen molar-refractivity contribution < 1.29 is 22.7 Å². The molecule has 2 aromatic carbocycles. The van der Waals surface area contributed by atoms with Gasteiger partial charge in [0.1, 0.15) is 24.0 Å². The van der Waals surface area contributed by atoms with E-state index in [1.165, 1.54) is 4.68 Å². The van der Waals surface area contributed by atoms with Crippen LogP contribution >= 0.6 is 0 Å². The van der Waals surface area contributed by atoms with Gasteiger partial charge in [-0.05, 0) is 43.0 Å². The normalized spacial score (nSPS) is 18.0. The molecule has 0 saturated carbocycles. The number of imidazole rings is 1. The highest BCUT2D eigenvalue weighted by Crippen LogP contribution is 2.40. The lowest BCUT2D eigenvalue weighted by Gasteiger charge is -2.26. The molecule has 3 heterocycles. The molecule has 2 atom stereocenters. The number of benzene rings is 2. The largest absolute Gasteiger partial charge is 0.495 e. The summed E-state index contributed by atoms with van der Waals surface area (Å²) in [4.78, 5) is 18.5. The Morgan fingerprint density at radius 3 is 2.59 bits per heavy atom. The van der Waals surface area contributed by atoms with E-state index in [1.54, 1.807) is 50.0 Å². The van der Waals surface area contributed by atoms with Crippen LogP contribution in [0.4, 0.5) is 18.9 Å². The molecule has 8 nitrogen and oxygen atoms in total. The average Bonchev–Trinajstić information content (AvgIpc) is 3.52. The van der Waals surface area contributed by atoms with Gasteiger partial charge in [-0.25, -0.2) is 9.67 Å². The lowest BCUT2D eigenvalue weighted by Crippen LogP contribution is -2.42. The van der Waals surface area contributed by atoms with Gasteiger partial charge in [0.2, 0.25) is 0 Å². The number of anilines is 1. The van der Waals surface area contributed by atoms with Gasteiger partial charge in [0.05, 0.1) is 31.0 Å². The number of aryl methyl sites for hydroxylation is 1. The molecular weight excluding hydrogens is 485 g/mol. The molecule has 0 saturated heterocycles. The van der Waals surface area contributed by atoms with Gasteiger partial charge in [0.25, 0.3) is 5.91 Å².